The summed E-state index contributed by atoms with van der Waals surface area (Å²) in [5.41, 5.74) is 3.03. The van der Waals surface area contributed by atoms with Gasteiger partial charge in [0.05, 0.1) is 31.5 Å². The molecule has 6 nitrogen and oxygen atoms in total. The topological polar surface area (TPSA) is 54.0 Å². The number of anilines is 2. The second-order valence-corrected chi connectivity index (χ2v) is 7.76. The Balaban J connectivity index is 1.60. The van der Waals surface area contributed by atoms with Gasteiger partial charge in [-0.15, -0.1) is 0 Å². The molecule has 1 aliphatic rings. The molecule has 1 aliphatic heterocycles. The second-order valence-electron chi connectivity index (χ2n) is 7.35. The monoisotopic (exact) mass is 417 g/mol. The molecule has 0 unspecified atom stereocenters. The number of nitrogens with one attached hydrogen (secondary N) is 1. The maximum atomic E-state index is 12.6. The van der Waals surface area contributed by atoms with Crippen LogP contribution in [0.15, 0.2) is 36.4 Å². The van der Waals surface area contributed by atoms with Crippen LogP contribution in [0.1, 0.15) is 12.5 Å². The first-order valence-electron chi connectivity index (χ1n) is 9.68. The number of amides is 1. The van der Waals surface area contributed by atoms with Gasteiger partial charge in [-0.25, -0.2) is 0 Å². The number of piperazine rings is 1. The van der Waals surface area contributed by atoms with E-state index in [0.717, 1.165) is 19.6 Å². The number of halogens is 1. The van der Waals surface area contributed by atoms with E-state index in [4.69, 9.17) is 21.1 Å². The molecule has 156 valence electrons. The van der Waals surface area contributed by atoms with E-state index >= 15 is 0 Å². The number of ether oxygens (including phenoxy) is 2. The van der Waals surface area contributed by atoms with Crippen LogP contribution in [0.3, 0.4) is 0 Å². The van der Waals surface area contributed by atoms with Crippen molar-refractivity contribution in [1.29, 1.82) is 0 Å². The summed E-state index contributed by atoms with van der Waals surface area (Å²) in [5, 5.41) is 3.35. The first-order chi connectivity index (χ1) is 13.9. The summed E-state index contributed by atoms with van der Waals surface area (Å²) in [6, 6.07) is 12.2. The SMILES string of the molecule is COc1cc(NC(=O)CN2CCN(c3ccc(C)cc3)[C@H](C)C2)c(OC)cc1Cl. The maximum absolute atomic E-state index is 12.6. The molecular formula is C22H28ClN3O3. The average Bonchev–Trinajstić information content (AvgIpc) is 2.70. The third kappa shape index (κ3) is 5.14. The lowest BCUT2D eigenvalue weighted by molar-refractivity contribution is -0.117. The van der Waals surface area contributed by atoms with Crippen molar-refractivity contribution >= 4 is 28.9 Å². The van der Waals surface area contributed by atoms with Gasteiger partial charge in [0.1, 0.15) is 11.5 Å². The summed E-state index contributed by atoms with van der Waals surface area (Å²) in [5.74, 6) is 0.897. The van der Waals surface area contributed by atoms with Gasteiger partial charge >= 0.3 is 0 Å². The summed E-state index contributed by atoms with van der Waals surface area (Å²) in [6.07, 6.45) is 0. The Morgan fingerprint density at radius 1 is 1.14 bits per heavy atom. The molecule has 3 rings (SSSR count). The molecule has 0 spiro atoms. The van der Waals surface area contributed by atoms with E-state index in [-0.39, 0.29) is 5.91 Å². The second kappa shape index (κ2) is 9.37. The highest BCUT2D eigenvalue weighted by Crippen LogP contribution is 2.35. The molecule has 29 heavy (non-hydrogen) atoms. The van der Waals surface area contributed by atoms with E-state index in [1.54, 1.807) is 19.2 Å². The Bertz CT molecular complexity index is 857. The van der Waals surface area contributed by atoms with Gasteiger partial charge in [-0.3, -0.25) is 9.69 Å². The zero-order chi connectivity index (χ0) is 21.0. The van der Waals surface area contributed by atoms with E-state index in [0.29, 0.717) is 34.8 Å². The van der Waals surface area contributed by atoms with Gasteiger partial charge < -0.3 is 19.7 Å². The van der Waals surface area contributed by atoms with Gasteiger partial charge in [-0.2, -0.15) is 0 Å². The lowest BCUT2D eigenvalue weighted by atomic mass is 10.1. The van der Waals surface area contributed by atoms with Crippen molar-refractivity contribution in [3.05, 3.63) is 47.0 Å². The number of rotatable bonds is 6. The first-order valence-corrected chi connectivity index (χ1v) is 10.1. The van der Waals surface area contributed by atoms with Crippen molar-refractivity contribution in [1.82, 2.24) is 4.90 Å². The zero-order valence-corrected chi connectivity index (χ0v) is 18.1. The average molecular weight is 418 g/mol. The number of hydrogen-bond donors (Lipinski definition) is 1. The van der Waals surface area contributed by atoms with Crippen molar-refractivity contribution in [3.63, 3.8) is 0 Å². The molecule has 0 saturated carbocycles. The Kier molecular flexibility index (Phi) is 6.87. The van der Waals surface area contributed by atoms with Crippen LogP contribution in [-0.4, -0.2) is 57.2 Å². The Morgan fingerprint density at radius 3 is 2.45 bits per heavy atom. The summed E-state index contributed by atoms with van der Waals surface area (Å²) in [6.45, 7) is 7.14. The minimum Gasteiger partial charge on any atom is -0.495 e. The van der Waals surface area contributed by atoms with Crippen LogP contribution in [0.2, 0.25) is 5.02 Å². The fraction of sp³-hybridized carbons (Fsp3) is 0.409. The van der Waals surface area contributed by atoms with E-state index in [9.17, 15) is 4.79 Å². The quantitative estimate of drug-likeness (QED) is 0.774. The minimum atomic E-state index is -0.0938. The van der Waals surface area contributed by atoms with Crippen molar-refractivity contribution in [2.45, 2.75) is 19.9 Å². The molecule has 0 bridgehead atoms. The number of hydrogen-bond acceptors (Lipinski definition) is 5. The van der Waals surface area contributed by atoms with Crippen LogP contribution in [0.5, 0.6) is 11.5 Å². The highest BCUT2D eigenvalue weighted by atomic mass is 35.5. The van der Waals surface area contributed by atoms with Crippen LogP contribution < -0.4 is 19.7 Å². The van der Waals surface area contributed by atoms with Gasteiger partial charge in [0, 0.05) is 43.5 Å². The lowest BCUT2D eigenvalue weighted by Gasteiger charge is -2.41. The zero-order valence-electron chi connectivity index (χ0n) is 17.4. The van der Waals surface area contributed by atoms with Gasteiger partial charge in [0.15, 0.2) is 0 Å². The van der Waals surface area contributed by atoms with Gasteiger partial charge in [-0.05, 0) is 26.0 Å². The summed E-state index contributed by atoms with van der Waals surface area (Å²) < 4.78 is 10.6. The van der Waals surface area contributed by atoms with Crippen LogP contribution in [0.4, 0.5) is 11.4 Å². The molecule has 2 aromatic rings. The fourth-order valence-electron chi connectivity index (χ4n) is 3.65. The van der Waals surface area contributed by atoms with Gasteiger partial charge in [-0.1, -0.05) is 29.3 Å². The Labute approximate surface area is 177 Å². The largest absolute Gasteiger partial charge is 0.495 e. The summed E-state index contributed by atoms with van der Waals surface area (Å²) in [4.78, 5) is 17.2. The van der Waals surface area contributed by atoms with Gasteiger partial charge in [0.2, 0.25) is 5.91 Å². The predicted molar refractivity (Wildman–Crippen MR) is 118 cm³/mol. The van der Waals surface area contributed by atoms with Crippen LogP contribution >= 0.6 is 11.6 Å². The molecule has 1 amide bonds. The molecule has 1 N–H and O–H groups in total. The maximum Gasteiger partial charge on any atom is 0.238 e. The first kappa shape index (κ1) is 21.3. The molecule has 1 fully saturated rings. The third-order valence-corrected chi connectivity index (χ3v) is 5.49. The summed E-state index contributed by atoms with van der Waals surface area (Å²) in [7, 11) is 3.08. The number of nitrogens with zero attached hydrogens (tertiary/aromatic N) is 2. The highest BCUT2D eigenvalue weighted by molar-refractivity contribution is 6.32. The van der Waals surface area contributed by atoms with E-state index in [1.807, 2.05) is 0 Å². The number of methoxy groups -OCH3 is 2. The molecule has 0 radical (unpaired) electrons. The number of carbonyl (C=O) groups is 1. The minimum absolute atomic E-state index is 0.0938. The van der Waals surface area contributed by atoms with E-state index in [1.165, 1.54) is 18.4 Å². The molecule has 0 aromatic heterocycles. The Hall–Kier alpha value is -2.44. The third-order valence-electron chi connectivity index (χ3n) is 5.19. The van der Waals surface area contributed by atoms with Crippen LogP contribution in [0.25, 0.3) is 0 Å². The Morgan fingerprint density at radius 2 is 1.83 bits per heavy atom. The molecule has 1 saturated heterocycles. The van der Waals surface area contributed by atoms with Crippen molar-refractivity contribution in [3.8, 4) is 11.5 Å². The van der Waals surface area contributed by atoms with E-state index < -0.39 is 0 Å². The van der Waals surface area contributed by atoms with Crippen molar-refractivity contribution < 1.29 is 14.3 Å². The predicted octanol–water partition coefficient (Wildman–Crippen LogP) is 3.81. The molecule has 1 atom stereocenters. The van der Waals surface area contributed by atoms with Crippen LogP contribution in [-0.2, 0) is 4.79 Å². The molecule has 0 aliphatic carbocycles. The summed E-state index contributed by atoms with van der Waals surface area (Å²) >= 11 is 6.13. The molecule has 2 aromatic carbocycles. The molecular weight excluding hydrogens is 390 g/mol. The molecule has 7 heteroatoms. The van der Waals surface area contributed by atoms with Crippen molar-refractivity contribution in [2.24, 2.45) is 0 Å². The van der Waals surface area contributed by atoms with Crippen LogP contribution in [0, 0.1) is 6.92 Å². The number of aryl methyl sites for hydroxylation is 1. The normalized spacial score (nSPS) is 17.1. The fourth-order valence-corrected chi connectivity index (χ4v) is 3.88. The highest BCUT2D eigenvalue weighted by Gasteiger charge is 2.25. The lowest BCUT2D eigenvalue weighted by Crippen LogP contribution is -2.53. The number of benzene rings is 2. The van der Waals surface area contributed by atoms with Gasteiger partial charge in [0.25, 0.3) is 0 Å². The molecule has 1 heterocycles. The number of carbonyl (C=O) groups excluding carboxylic acids is 1. The van der Waals surface area contributed by atoms with E-state index in [2.05, 4.69) is 53.2 Å². The smallest absolute Gasteiger partial charge is 0.238 e. The van der Waals surface area contributed by atoms with Crippen molar-refractivity contribution in [2.75, 3.05) is 50.6 Å². The standard InChI is InChI=1S/C22H28ClN3O3/c1-15-5-7-17(8-6-15)26-10-9-25(13-16(26)2)14-22(27)24-19-12-20(28-3)18(23)11-21(19)29-4/h5-8,11-12,16H,9-10,13-14H2,1-4H3,(H,24,27)/t16-/m1/s1.